The average Bonchev–Trinajstić information content (AvgIpc) is 3.25. The number of amides is 1. The molecule has 2 saturated heterocycles. The van der Waals surface area contributed by atoms with Crippen molar-refractivity contribution in [2.24, 2.45) is 0 Å². The lowest BCUT2D eigenvalue weighted by Crippen LogP contribution is -2.32. The maximum absolute atomic E-state index is 12.9. The van der Waals surface area contributed by atoms with Gasteiger partial charge in [0, 0.05) is 12.6 Å². The Bertz CT molecular complexity index is 722. The van der Waals surface area contributed by atoms with Gasteiger partial charge in [-0.1, -0.05) is 36.3 Å². The van der Waals surface area contributed by atoms with Gasteiger partial charge in [-0.2, -0.15) is 0 Å². The summed E-state index contributed by atoms with van der Waals surface area (Å²) in [5, 5.41) is 4.09. The molecule has 0 saturated carbocycles. The van der Waals surface area contributed by atoms with Crippen molar-refractivity contribution in [2.45, 2.75) is 45.3 Å². The van der Waals surface area contributed by atoms with Gasteiger partial charge in [0.05, 0.1) is 6.04 Å². The van der Waals surface area contributed by atoms with E-state index in [-0.39, 0.29) is 18.1 Å². The topological polar surface area (TPSA) is 49.6 Å². The van der Waals surface area contributed by atoms with Gasteiger partial charge < -0.3 is 4.52 Å². The van der Waals surface area contributed by atoms with Crippen LogP contribution in [0.3, 0.4) is 0 Å². The zero-order valence-corrected chi connectivity index (χ0v) is 13.5. The van der Waals surface area contributed by atoms with Gasteiger partial charge in [-0.3, -0.25) is 14.6 Å². The molecular weight excluding hydrogens is 290 g/mol. The van der Waals surface area contributed by atoms with Crippen molar-refractivity contribution in [3.63, 3.8) is 0 Å². The Labute approximate surface area is 135 Å². The molecule has 5 nitrogen and oxygen atoms in total. The van der Waals surface area contributed by atoms with E-state index in [2.05, 4.69) is 41.2 Å². The molecule has 23 heavy (non-hydrogen) atoms. The number of anilines is 1. The van der Waals surface area contributed by atoms with Gasteiger partial charge in [-0.15, -0.1) is 0 Å². The van der Waals surface area contributed by atoms with Crippen LogP contribution >= 0.6 is 0 Å². The summed E-state index contributed by atoms with van der Waals surface area (Å²) in [4.78, 5) is 17.0. The zero-order valence-electron chi connectivity index (χ0n) is 13.5. The molecule has 3 heterocycles. The SMILES string of the molecule is CCc1ccc([C@H]2N(c3cc(C)on3)C(=O)[C@@H]3CCCN32)cc1. The first kappa shape index (κ1) is 14.5. The summed E-state index contributed by atoms with van der Waals surface area (Å²) in [5.74, 6) is 1.48. The van der Waals surface area contributed by atoms with Gasteiger partial charge in [0.1, 0.15) is 11.9 Å². The Morgan fingerprint density at radius 3 is 2.74 bits per heavy atom. The number of fused-ring (bicyclic) bond motifs is 1. The molecule has 2 aromatic rings. The summed E-state index contributed by atoms with van der Waals surface area (Å²) < 4.78 is 5.21. The first-order valence-electron chi connectivity index (χ1n) is 8.30. The number of carbonyl (C=O) groups is 1. The van der Waals surface area contributed by atoms with E-state index in [0.29, 0.717) is 5.82 Å². The van der Waals surface area contributed by atoms with Crippen LogP contribution < -0.4 is 4.90 Å². The quantitative estimate of drug-likeness (QED) is 0.874. The Morgan fingerprint density at radius 2 is 2.09 bits per heavy atom. The molecule has 0 radical (unpaired) electrons. The Morgan fingerprint density at radius 1 is 1.30 bits per heavy atom. The lowest BCUT2D eigenvalue weighted by Gasteiger charge is -2.28. The van der Waals surface area contributed by atoms with E-state index in [1.54, 1.807) is 4.90 Å². The number of hydrogen-bond donors (Lipinski definition) is 0. The maximum Gasteiger partial charge on any atom is 0.247 e. The van der Waals surface area contributed by atoms with Crippen LogP contribution in [0.2, 0.25) is 0 Å². The lowest BCUT2D eigenvalue weighted by atomic mass is 10.1. The highest BCUT2D eigenvalue weighted by molar-refractivity contribution is 5.99. The maximum atomic E-state index is 12.9. The second kappa shape index (κ2) is 5.49. The molecule has 2 aliphatic heterocycles. The van der Waals surface area contributed by atoms with Crippen molar-refractivity contribution < 1.29 is 9.32 Å². The van der Waals surface area contributed by atoms with Gasteiger partial charge in [0.15, 0.2) is 5.82 Å². The van der Waals surface area contributed by atoms with Crippen LogP contribution in [-0.2, 0) is 11.2 Å². The highest BCUT2D eigenvalue weighted by atomic mass is 16.5. The molecular formula is C18H21N3O2. The van der Waals surface area contributed by atoms with Crippen molar-refractivity contribution in [1.29, 1.82) is 0 Å². The molecule has 0 aliphatic carbocycles. The first-order chi connectivity index (χ1) is 11.2. The molecule has 1 aromatic carbocycles. The fraction of sp³-hybridized carbons (Fsp3) is 0.444. The number of benzene rings is 1. The second-order valence-electron chi connectivity index (χ2n) is 6.37. The van der Waals surface area contributed by atoms with Crippen LogP contribution in [0.4, 0.5) is 5.82 Å². The minimum absolute atomic E-state index is 0.0251. The predicted octanol–water partition coefficient (Wildman–Crippen LogP) is 3.06. The molecule has 1 amide bonds. The average molecular weight is 311 g/mol. The van der Waals surface area contributed by atoms with Crippen LogP contribution in [0.1, 0.15) is 42.8 Å². The minimum Gasteiger partial charge on any atom is -0.360 e. The Kier molecular flexibility index (Phi) is 3.45. The van der Waals surface area contributed by atoms with Gasteiger partial charge in [-0.05, 0) is 37.3 Å². The van der Waals surface area contributed by atoms with E-state index in [4.69, 9.17) is 4.52 Å². The van der Waals surface area contributed by atoms with E-state index in [1.807, 2.05) is 13.0 Å². The smallest absolute Gasteiger partial charge is 0.247 e. The van der Waals surface area contributed by atoms with E-state index in [1.165, 1.54) is 5.56 Å². The Balaban J connectivity index is 1.76. The van der Waals surface area contributed by atoms with Crippen LogP contribution in [-0.4, -0.2) is 28.6 Å². The van der Waals surface area contributed by atoms with Crippen LogP contribution in [0.15, 0.2) is 34.9 Å². The molecule has 0 spiro atoms. The van der Waals surface area contributed by atoms with E-state index >= 15 is 0 Å². The highest BCUT2D eigenvalue weighted by Gasteiger charge is 2.50. The van der Waals surface area contributed by atoms with Gasteiger partial charge in [0.2, 0.25) is 5.91 Å². The van der Waals surface area contributed by atoms with Crippen molar-refractivity contribution in [3.8, 4) is 0 Å². The summed E-state index contributed by atoms with van der Waals surface area (Å²) in [5.41, 5.74) is 2.44. The predicted molar refractivity (Wildman–Crippen MR) is 87.0 cm³/mol. The minimum atomic E-state index is -0.0783. The molecule has 1 aromatic heterocycles. The lowest BCUT2D eigenvalue weighted by molar-refractivity contribution is -0.119. The summed E-state index contributed by atoms with van der Waals surface area (Å²) in [6, 6.07) is 10.4. The number of carbonyl (C=O) groups excluding carboxylic acids is 1. The molecule has 2 atom stereocenters. The third-order valence-corrected chi connectivity index (χ3v) is 4.92. The van der Waals surface area contributed by atoms with Crippen LogP contribution in [0.25, 0.3) is 0 Å². The molecule has 2 aliphatic rings. The Hall–Kier alpha value is -2.14. The zero-order chi connectivity index (χ0) is 16.0. The largest absolute Gasteiger partial charge is 0.360 e. The monoisotopic (exact) mass is 311 g/mol. The normalized spacial score (nSPS) is 24.4. The molecule has 120 valence electrons. The standard InChI is InChI=1S/C18H21N3O2/c1-3-13-6-8-14(9-7-13)17-20-10-4-5-15(20)18(22)21(17)16-11-12(2)23-19-16/h6-9,11,15,17H,3-5,10H2,1-2H3/t15-,17+/m0/s1. The number of aryl methyl sites for hydroxylation is 2. The van der Waals surface area contributed by atoms with E-state index in [9.17, 15) is 4.79 Å². The first-order valence-corrected chi connectivity index (χ1v) is 8.30. The molecule has 2 fully saturated rings. The van der Waals surface area contributed by atoms with Crippen molar-refractivity contribution in [3.05, 3.63) is 47.2 Å². The fourth-order valence-corrected chi connectivity index (χ4v) is 3.75. The number of rotatable bonds is 3. The number of aromatic nitrogens is 1. The molecule has 0 unspecified atom stereocenters. The fourth-order valence-electron chi connectivity index (χ4n) is 3.75. The van der Waals surface area contributed by atoms with Crippen molar-refractivity contribution in [1.82, 2.24) is 10.1 Å². The van der Waals surface area contributed by atoms with Gasteiger partial charge in [-0.25, -0.2) is 0 Å². The number of nitrogens with zero attached hydrogens (tertiary/aromatic N) is 3. The highest BCUT2D eigenvalue weighted by Crippen LogP contribution is 2.42. The summed E-state index contributed by atoms with van der Waals surface area (Å²) in [6.07, 6.45) is 2.94. The third kappa shape index (κ3) is 2.27. The number of hydrogen-bond acceptors (Lipinski definition) is 4. The summed E-state index contributed by atoms with van der Waals surface area (Å²) in [7, 11) is 0. The van der Waals surface area contributed by atoms with Gasteiger partial charge >= 0.3 is 0 Å². The molecule has 0 bridgehead atoms. The summed E-state index contributed by atoms with van der Waals surface area (Å²) in [6.45, 7) is 4.95. The van der Waals surface area contributed by atoms with Crippen LogP contribution in [0, 0.1) is 6.92 Å². The summed E-state index contributed by atoms with van der Waals surface area (Å²) >= 11 is 0. The van der Waals surface area contributed by atoms with Crippen molar-refractivity contribution >= 4 is 11.7 Å². The second-order valence-corrected chi connectivity index (χ2v) is 6.37. The van der Waals surface area contributed by atoms with E-state index in [0.717, 1.165) is 37.1 Å². The third-order valence-electron chi connectivity index (χ3n) is 4.92. The molecule has 4 rings (SSSR count). The van der Waals surface area contributed by atoms with E-state index < -0.39 is 0 Å². The van der Waals surface area contributed by atoms with Gasteiger partial charge in [0.25, 0.3) is 0 Å². The van der Waals surface area contributed by atoms with Crippen molar-refractivity contribution in [2.75, 3.05) is 11.4 Å². The molecule has 0 N–H and O–H groups in total. The molecule has 5 heteroatoms. The van der Waals surface area contributed by atoms with Crippen LogP contribution in [0.5, 0.6) is 0 Å².